The third-order valence-electron chi connectivity index (χ3n) is 2.68. The Bertz CT molecular complexity index is 674. The first kappa shape index (κ1) is 14.9. The van der Waals surface area contributed by atoms with E-state index >= 15 is 0 Å². The number of hydrogen-bond donors (Lipinski definition) is 0. The van der Waals surface area contributed by atoms with E-state index < -0.39 is 4.92 Å². The Morgan fingerprint density at radius 2 is 2.10 bits per heavy atom. The number of nitrogens with zero attached hydrogens (tertiary/aromatic N) is 3. The largest absolute Gasteiger partial charge is 0.431 e. The summed E-state index contributed by atoms with van der Waals surface area (Å²) in [4.78, 5) is 16.3. The summed E-state index contributed by atoms with van der Waals surface area (Å²) in [5, 5.41) is 11.2. The van der Waals surface area contributed by atoms with Gasteiger partial charge in [0.05, 0.1) is 10.6 Å². The highest BCUT2D eigenvalue weighted by atomic mass is 32.1. The van der Waals surface area contributed by atoms with Gasteiger partial charge in [0, 0.05) is 38.0 Å². The Balaban J connectivity index is 2.49. The zero-order chi connectivity index (χ0) is 15.4. The van der Waals surface area contributed by atoms with Crippen LogP contribution in [0, 0.1) is 10.1 Å². The van der Waals surface area contributed by atoms with E-state index in [1.165, 1.54) is 18.2 Å². The van der Waals surface area contributed by atoms with E-state index in [2.05, 4.69) is 4.98 Å². The highest BCUT2D eigenvalue weighted by Crippen LogP contribution is 2.32. The molecule has 0 saturated heterocycles. The van der Waals surface area contributed by atoms with Gasteiger partial charge in [-0.2, -0.15) is 0 Å². The summed E-state index contributed by atoms with van der Waals surface area (Å²) in [6.07, 6.45) is 1.61. The number of rotatable bonds is 3. The number of hydrogen-bond acceptors (Lipinski definition) is 5. The lowest BCUT2D eigenvalue weighted by Crippen LogP contribution is -2.25. The lowest BCUT2D eigenvalue weighted by molar-refractivity contribution is -0.384. The lowest BCUT2D eigenvalue weighted by Gasteiger charge is -2.16. The fraction of sp³-hybridized carbons (Fsp3) is 0.143. The number of non-ortho nitro benzene ring substituents is 1. The summed E-state index contributed by atoms with van der Waals surface area (Å²) in [7, 11) is 3.52. The molecule has 2 rings (SSSR count). The van der Waals surface area contributed by atoms with Crippen LogP contribution in [0.3, 0.4) is 0 Å². The number of nitro groups is 1. The molecular weight excluding hydrogens is 290 g/mol. The van der Waals surface area contributed by atoms with Crippen LogP contribution >= 0.6 is 12.2 Å². The third kappa shape index (κ3) is 3.51. The van der Waals surface area contributed by atoms with Gasteiger partial charge in [-0.1, -0.05) is 6.07 Å². The molecule has 0 unspecified atom stereocenters. The molecule has 0 spiro atoms. The first-order valence-corrected chi connectivity index (χ1v) is 6.49. The standard InChI is InChI=1S/C14H13N3O3S/c1-16(2)14(21)20-13-7-6-10(17(18)19)9-11(13)12-5-3-4-8-15-12/h3-9H,1-2H3. The van der Waals surface area contributed by atoms with E-state index in [0.29, 0.717) is 17.0 Å². The highest BCUT2D eigenvalue weighted by Gasteiger charge is 2.16. The molecule has 1 heterocycles. The van der Waals surface area contributed by atoms with Crippen LogP contribution in [0.1, 0.15) is 0 Å². The monoisotopic (exact) mass is 303 g/mol. The van der Waals surface area contributed by atoms with Crippen molar-refractivity contribution in [2.24, 2.45) is 0 Å². The number of pyridine rings is 1. The Hall–Kier alpha value is -2.54. The van der Waals surface area contributed by atoms with Gasteiger partial charge in [-0.05, 0) is 30.4 Å². The molecule has 0 aliphatic rings. The summed E-state index contributed by atoms with van der Waals surface area (Å²) >= 11 is 5.10. The second-order valence-corrected chi connectivity index (χ2v) is 4.76. The molecule has 0 aliphatic carbocycles. The van der Waals surface area contributed by atoms with Crippen molar-refractivity contribution in [2.75, 3.05) is 14.1 Å². The Morgan fingerprint density at radius 3 is 2.67 bits per heavy atom. The number of benzene rings is 1. The van der Waals surface area contributed by atoms with Gasteiger partial charge >= 0.3 is 0 Å². The topological polar surface area (TPSA) is 68.5 Å². The summed E-state index contributed by atoms with van der Waals surface area (Å²) in [5.74, 6) is 0.429. The lowest BCUT2D eigenvalue weighted by atomic mass is 10.1. The first-order chi connectivity index (χ1) is 9.99. The molecule has 21 heavy (non-hydrogen) atoms. The van der Waals surface area contributed by atoms with Crippen LogP contribution in [0.25, 0.3) is 11.3 Å². The maximum Gasteiger partial charge on any atom is 0.270 e. The van der Waals surface area contributed by atoms with Gasteiger partial charge in [0.15, 0.2) is 0 Å². The minimum Gasteiger partial charge on any atom is -0.431 e. The second kappa shape index (κ2) is 6.27. The van der Waals surface area contributed by atoms with Crippen LogP contribution in [0.2, 0.25) is 0 Å². The van der Waals surface area contributed by atoms with E-state index in [1.807, 2.05) is 0 Å². The van der Waals surface area contributed by atoms with Gasteiger partial charge in [0.25, 0.3) is 10.9 Å². The minimum atomic E-state index is -0.458. The van der Waals surface area contributed by atoms with Crippen molar-refractivity contribution in [1.82, 2.24) is 9.88 Å². The molecule has 0 N–H and O–H groups in total. The fourth-order valence-corrected chi connectivity index (χ4v) is 1.72. The quantitative estimate of drug-likeness (QED) is 0.493. The second-order valence-electron chi connectivity index (χ2n) is 4.41. The molecule has 0 atom stereocenters. The Labute approximate surface area is 127 Å². The van der Waals surface area contributed by atoms with Crippen LogP contribution in [-0.4, -0.2) is 34.1 Å². The molecule has 0 bridgehead atoms. The molecule has 108 valence electrons. The Morgan fingerprint density at radius 1 is 1.33 bits per heavy atom. The number of nitro benzene ring substituents is 1. The zero-order valence-corrected chi connectivity index (χ0v) is 12.3. The van der Waals surface area contributed by atoms with Gasteiger partial charge in [-0.25, -0.2) is 0 Å². The van der Waals surface area contributed by atoms with Crippen LogP contribution in [0.5, 0.6) is 5.75 Å². The molecule has 1 aromatic heterocycles. The molecule has 2 aromatic rings. The highest BCUT2D eigenvalue weighted by molar-refractivity contribution is 7.80. The van der Waals surface area contributed by atoms with Crippen LogP contribution in [0.4, 0.5) is 5.69 Å². The molecule has 6 nitrogen and oxygen atoms in total. The zero-order valence-electron chi connectivity index (χ0n) is 11.5. The maximum absolute atomic E-state index is 10.9. The van der Waals surface area contributed by atoms with E-state index in [1.54, 1.807) is 43.4 Å². The smallest absolute Gasteiger partial charge is 0.270 e. The molecule has 7 heteroatoms. The first-order valence-electron chi connectivity index (χ1n) is 6.08. The molecule has 0 amide bonds. The molecular formula is C14H13N3O3S. The summed E-state index contributed by atoms with van der Waals surface area (Å²) in [5.41, 5.74) is 1.07. The van der Waals surface area contributed by atoms with E-state index in [0.717, 1.165) is 0 Å². The number of aromatic nitrogens is 1. The van der Waals surface area contributed by atoms with Gasteiger partial charge in [-0.3, -0.25) is 15.1 Å². The summed E-state index contributed by atoms with van der Waals surface area (Å²) < 4.78 is 5.59. The molecule has 1 aromatic carbocycles. The average molecular weight is 303 g/mol. The van der Waals surface area contributed by atoms with Crippen LogP contribution in [-0.2, 0) is 0 Å². The van der Waals surface area contributed by atoms with Crippen molar-refractivity contribution < 1.29 is 9.66 Å². The SMILES string of the molecule is CN(C)C(=S)Oc1ccc([N+](=O)[O-])cc1-c1ccccn1. The summed E-state index contributed by atoms with van der Waals surface area (Å²) in [6, 6.07) is 9.65. The molecule has 0 fully saturated rings. The minimum absolute atomic E-state index is 0.0289. The van der Waals surface area contributed by atoms with Gasteiger partial charge in [0.1, 0.15) is 5.75 Å². The van der Waals surface area contributed by atoms with Gasteiger partial charge < -0.3 is 9.64 Å². The van der Waals surface area contributed by atoms with Crippen molar-refractivity contribution in [1.29, 1.82) is 0 Å². The average Bonchev–Trinajstić information content (AvgIpc) is 2.48. The van der Waals surface area contributed by atoms with E-state index in [9.17, 15) is 10.1 Å². The summed E-state index contributed by atoms with van der Waals surface area (Å²) in [6.45, 7) is 0. The normalized spacial score (nSPS) is 10.0. The van der Waals surface area contributed by atoms with Crippen molar-refractivity contribution in [3.8, 4) is 17.0 Å². The number of thiocarbonyl (C=S) groups is 1. The number of ether oxygens (including phenoxy) is 1. The third-order valence-corrected chi connectivity index (χ3v) is 3.13. The molecule has 0 aliphatic heterocycles. The maximum atomic E-state index is 10.9. The van der Waals surface area contributed by atoms with Crippen molar-refractivity contribution in [3.05, 3.63) is 52.7 Å². The van der Waals surface area contributed by atoms with Crippen LogP contribution < -0.4 is 4.74 Å². The van der Waals surface area contributed by atoms with Crippen molar-refractivity contribution >= 4 is 23.1 Å². The predicted octanol–water partition coefficient (Wildman–Crippen LogP) is 2.88. The Kier molecular flexibility index (Phi) is 4.44. The fourth-order valence-electron chi connectivity index (χ4n) is 1.63. The molecule has 0 radical (unpaired) electrons. The van der Waals surface area contributed by atoms with Gasteiger partial charge in [0.2, 0.25) is 0 Å². The van der Waals surface area contributed by atoms with Crippen molar-refractivity contribution in [2.45, 2.75) is 0 Å². The van der Waals surface area contributed by atoms with Gasteiger partial charge in [-0.15, -0.1) is 0 Å². The van der Waals surface area contributed by atoms with Crippen LogP contribution in [0.15, 0.2) is 42.6 Å². The van der Waals surface area contributed by atoms with Crippen molar-refractivity contribution in [3.63, 3.8) is 0 Å². The van der Waals surface area contributed by atoms with E-state index in [4.69, 9.17) is 17.0 Å². The molecule has 0 saturated carbocycles. The predicted molar refractivity (Wildman–Crippen MR) is 83.2 cm³/mol. The van der Waals surface area contributed by atoms with E-state index in [-0.39, 0.29) is 10.9 Å².